The maximum absolute atomic E-state index is 12.8. The molecule has 0 saturated heterocycles. The molecular weight excluding hydrogens is 506 g/mol. The quantitative estimate of drug-likeness (QED) is 0.228. The number of aromatic carboxylic acids is 1. The first-order chi connectivity index (χ1) is 18.5. The summed E-state index contributed by atoms with van der Waals surface area (Å²) in [6, 6.07) is 16.5. The zero-order valence-corrected chi connectivity index (χ0v) is 22.0. The van der Waals surface area contributed by atoms with E-state index < -0.39 is 5.97 Å². The van der Waals surface area contributed by atoms with Crippen LogP contribution in [0, 0.1) is 0 Å². The number of nitrogens with one attached hydrogen (secondary N) is 1. The lowest BCUT2D eigenvalue weighted by Gasteiger charge is -2.18. The molecule has 0 atom stereocenters. The number of H-pyrrole nitrogens is 1. The van der Waals surface area contributed by atoms with Gasteiger partial charge in [0.1, 0.15) is 0 Å². The lowest BCUT2D eigenvalue weighted by Crippen LogP contribution is -2.09. The van der Waals surface area contributed by atoms with Crippen molar-refractivity contribution in [3.8, 4) is 34.1 Å². The van der Waals surface area contributed by atoms with Gasteiger partial charge in [-0.3, -0.25) is 4.98 Å². The molecule has 3 aromatic carbocycles. The molecule has 2 heterocycles. The molecule has 5 aromatic rings. The average molecular weight is 532 g/mol. The van der Waals surface area contributed by atoms with Crippen molar-refractivity contribution in [3.63, 3.8) is 0 Å². The lowest BCUT2D eigenvalue weighted by molar-refractivity contribution is 0.0696. The number of carboxylic acids is 1. The van der Waals surface area contributed by atoms with Crippen molar-refractivity contribution in [1.82, 2.24) is 15.0 Å². The number of para-hydroxylation sites is 2. The van der Waals surface area contributed by atoms with Crippen LogP contribution in [-0.4, -0.2) is 54.5 Å². The van der Waals surface area contributed by atoms with Crippen molar-refractivity contribution in [2.24, 2.45) is 0 Å². The van der Waals surface area contributed by atoms with Gasteiger partial charge in [0.2, 0.25) is 0 Å². The molecule has 5 rings (SSSR count). The van der Waals surface area contributed by atoms with Crippen LogP contribution < -0.4 is 18.9 Å². The summed E-state index contributed by atoms with van der Waals surface area (Å²) >= 11 is 1.38. The van der Waals surface area contributed by atoms with Crippen LogP contribution >= 0.6 is 11.8 Å². The number of rotatable bonds is 9. The fraction of sp³-hybridized carbons (Fsp3) is 0.179. The number of hydrogen-bond donors (Lipinski definition) is 2. The third-order valence-electron chi connectivity index (χ3n) is 6.16. The summed E-state index contributed by atoms with van der Waals surface area (Å²) in [7, 11) is 6.16. The van der Waals surface area contributed by atoms with E-state index in [1.165, 1.54) is 26.0 Å². The van der Waals surface area contributed by atoms with Crippen LogP contribution in [0.1, 0.15) is 16.1 Å². The zero-order chi connectivity index (χ0) is 26.8. The van der Waals surface area contributed by atoms with E-state index in [2.05, 4.69) is 9.97 Å². The predicted molar refractivity (Wildman–Crippen MR) is 146 cm³/mol. The minimum absolute atomic E-state index is 0.0838. The number of imidazole rings is 1. The molecule has 0 saturated carbocycles. The minimum atomic E-state index is -1.10. The van der Waals surface area contributed by atoms with E-state index in [9.17, 15) is 9.90 Å². The Bertz CT molecular complexity index is 1630. The van der Waals surface area contributed by atoms with Gasteiger partial charge in [0.25, 0.3) is 0 Å². The lowest BCUT2D eigenvalue weighted by atomic mass is 9.93. The van der Waals surface area contributed by atoms with E-state index in [4.69, 9.17) is 23.9 Å². The molecule has 9 nitrogen and oxygen atoms in total. The van der Waals surface area contributed by atoms with Gasteiger partial charge >= 0.3 is 5.97 Å². The highest BCUT2D eigenvalue weighted by molar-refractivity contribution is 7.98. The molecule has 10 heteroatoms. The van der Waals surface area contributed by atoms with Gasteiger partial charge < -0.3 is 29.0 Å². The average Bonchev–Trinajstić information content (AvgIpc) is 3.37. The van der Waals surface area contributed by atoms with Crippen LogP contribution in [0.2, 0.25) is 0 Å². The SMILES string of the molecule is COc1ccc(-c2c(C(=O)O)c(CSc3nc4ccccc4[nH]3)nc3cc(OC)c(OC)cc23)cc1OC. The van der Waals surface area contributed by atoms with Gasteiger partial charge in [0.05, 0.1) is 56.2 Å². The first-order valence-corrected chi connectivity index (χ1v) is 12.6. The number of methoxy groups -OCH3 is 4. The van der Waals surface area contributed by atoms with E-state index in [0.29, 0.717) is 55.9 Å². The minimum Gasteiger partial charge on any atom is -0.493 e. The number of carboxylic acid groups (broad SMARTS) is 1. The molecule has 2 aromatic heterocycles. The third-order valence-corrected chi connectivity index (χ3v) is 7.05. The molecule has 0 bridgehead atoms. The van der Waals surface area contributed by atoms with Gasteiger partial charge in [-0.15, -0.1) is 0 Å². The van der Waals surface area contributed by atoms with E-state index in [0.717, 1.165) is 11.0 Å². The Kier molecular flexibility index (Phi) is 6.97. The highest BCUT2D eigenvalue weighted by atomic mass is 32.2. The summed E-state index contributed by atoms with van der Waals surface area (Å²) in [5.74, 6) is 1.14. The number of pyridine rings is 1. The molecule has 0 amide bonds. The fourth-order valence-electron chi connectivity index (χ4n) is 4.40. The van der Waals surface area contributed by atoms with Gasteiger partial charge in [-0.25, -0.2) is 9.78 Å². The summed E-state index contributed by atoms with van der Waals surface area (Å²) < 4.78 is 21.9. The van der Waals surface area contributed by atoms with E-state index in [1.807, 2.05) is 24.3 Å². The van der Waals surface area contributed by atoms with Crippen molar-refractivity contribution >= 4 is 39.7 Å². The number of nitrogens with zero attached hydrogens (tertiary/aromatic N) is 2. The Morgan fingerprint density at radius 3 is 2.21 bits per heavy atom. The van der Waals surface area contributed by atoms with E-state index in [-0.39, 0.29) is 11.3 Å². The van der Waals surface area contributed by atoms with Gasteiger partial charge in [-0.1, -0.05) is 30.0 Å². The number of aromatic nitrogens is 3. The maximum atomic E-state index is 12.8. The van der Waals surface area contributed by atoms with Crippen LogP contribution in [0.5, 0.6) is 23.0 Å². The highest BCUT2D eigenvalue weighted by Crippen LogP contribution is 2.42. The second kappa shape index (κ2) is 10.5. The van der Waals surface area contributed by atoms with Gasteiger partial charge in [-0.05, 0) is 35.9 Å². The van der Waals surface area contributed by atoms with Crippen LogP contribution in [-0.2, 0) is 5.75 Å². The largest absolute Gasteiger partial charge is 0.493 e. The van der Waals surface area contributed by atoms with Crippen LogP contribution in [0.25, 0.3) is 33.1 Å². The number of carbonyl (C=O) groups is 1. The normalized spacial score (nSPS) is 11.1. The Balaban J connectivity index is 1.73. The van der Waals surface area contributed by atoms with Crippen molar-refractivity contribution in [2.45, 2.75) is 10.9 Å². The summed E-state index contributed by atoms with van der Waals surface area (Å²) in [6.45, 7) is 0. The summed E-state index contributed by atoms with van der Waals surface area (Å²) in [6.07, 6.45) is 0. The first kappa shape index (κ1) is 25.2. The molecule has 0 spiro atoms. The molecule has 0 fully saturated rings. The second-order valence-electron chi connectivity index (χ2n) is 8.26. The molecule has 0 aliphatic heterocycles. The van der Waals surface area contributed by atoms with Gasteiger partial charge in [0, 0.05) is 22.8 Å². The number of aromatic amines is 1. The smallest absolute Gasteiger partial charge is 0.338 e. The topological polar surface area (TPSA) is 116 Å². The summed E-state index contributed by atoms with van der Waals surface area (Å²) in [5, 5.41) is 11.7. The summed E-state index contributed by atoms with van der Waals surface area (Å²) in [4.78, 5) is 25.4. The number of thioether (sulfide) groups is 1. The van der Waals surface area contributed by atoms with Crippen molar-refractivity contribution in [3.05, 3.63) is 65.9 Å². The summed E-state index contributed by atoms with van der Waals surface area (Å²) in [5.41, 5.74) is 3.91. The third kappa shape index (κ3) is 4.54. The van der Waals surface area contributed by atoms with Gasteiger partial charge in [0.15, 0.2) is 28.2 Å². The number of fused-ring (bicyclic) bond motifs is 2. The van der Waals surface area contributed by atoms with Crippen LogP contribution in [0.15, 0.2) is 59.8 Å². The highest BCUT2D eigenvalue weighted by Gasteiger charge is 2.25. The van der Waals surface area contributed by atoms with E-state index >= 15 is 0 Å². The molecule has 0 aliphatic carbocycles. The molecule has 0 unspecified atom stereocenters. The molecule has 0 aliphatic rings. The monoisotopic (exact) mass is 531 g/mol. The molecular formula is C28H25N3O6S. The standard InChI is InChI=1S/C28H25N3O6S/c1-34-21-10-9-15(11-22(21)35-2)25-16-12-23(36-3)24(37-4)13-19(16)29-20(26(25)27(32)33)14-38-28-30-17-7-5-6-8-18(17)31-28/h5-13H,14H2,1-4H3,(H,30,31)(H,32,33). The van der Waals surface area contributed by atoms with E-state index in [1.54, 1.807) is 44.6 Å². The Morgan fingerprint density at radius 2 is 1.53 bits per heavy atom. The molecule has 194 valence electrons. The van der Waals surface area contributed by atoms with Gasteiger partial charge in [-0.2, -0.15) is 0 Å². The second-order valence-corrected chi connectivity index (χ2v) is 9.22. The Morgan fingerprint density at radius 1 is 0.842 bits per heavy atom. The zero-order valence-electron chi connectivity index (χ0n) is 21.2. The Labute approximate surface area is 222 Å². The van der Waals surface area contributed by atoms with Crippen LogP contribution in [0.4, 0.5) is 0 Å². The molecule has 38 heavy (non-hydrogen) atoms. The van der Waals surface area contributed by atoms with Crippen molar-refractivity contribution in [2.75, 3.05) is 28.4 Å². The Hall–Kier alpha value is -4.44. The molecule has 0 radical (unpaired) electrons. The first-order valence-electron chi connectivity index (χ1n) is 11.6. The van der Waals surface area contributed by atoms with Crippen LogP contribution in [0.3, 0.4) is 0 Å². The number of hydrogen-bond acceptors (Lipinski definition) is 8. The van der Waals surface area contributed by atoms with Crippen molar-refractivity contribution < 1.29 is 28.8 Å². The van der Waals surface area contributed by atoms with Crippen molar-refractivity contribution in [1.29, 1.82) is 0 Å². The predicted octanol–water partition coefficient (Wildman–Crippen LogP) is 5.80. The molecule has 2 N–H and O–H groups in total. The maximum Gasteiger partial charge on any atom is 0.338 e. The number of benzene rings is 3. The fourth-order valence-corrected chi connectivity index (χ4v) is 5.23. The number of ether oxygens (including phenoxy) is 4.